The molecule has 0 aromatic heterocycles. The van der Waals surface area contributed by atoms with E-state index in [0.29, 0.717) is 52.5 Å². The zero-order valence-corrected chi connectivity index (χ0v) is 20.5. The molecule has 1 saturated heterocycles. The monoisotopic (exact) mass is 508 g/mol. The van der Waals surface area contributed by atoms with Gasteiger partial charge in [0.2, 0.25) is 0 Å². The van der Waals surface area contributed by atoms with Crippen LogP contribution in [0.2, 0.25) is 0 Å². The minimum Gasteiger partial charge on any atom is -0.459 e. The van der Waals surface area contributed by atoms with Gasteiger partial charge >= 0.3 is 5.97 Å². The second-order valence-electron chi connectivity index (χ2n) is 7.75. The third kappa shape index (κ3) is 9.67. The predicted molar refractivity (Wildman–Crippen MR) is 127 cm³/mol. The molecule has 1 aliphatic rings. The van der Waals surface area contributed by atoms with Crippen LogP contribution < -0.4 is 0 Å². The lowest BCUT2D eigenvalue weighted by Gasteiger charge is -2.19. The molecule has 35 heavy (non-hydrogen) atoms. The zero-order chi connectivity index (χ0) is 24.8. The zero-order valence-electron chi connectivity index (χ0n) is 19.6. The van der Waals surface area contributed by atoms with Gasteiger partial charge in [-0.1, -0.05) is 42.5 Å². The predicted octanol–water partition coefficient (Wildman–Crippen LogP) is 2.63. The minimum absolute atomic E-state index is 0.000349. The molecule has 9 nitrogen and oxygen atoms in total. The van der Waals surface area contributed by atoms with Gasteiger partial charge in [0, 0.05) is 0 Å². The molecule has 0 N–H and O–H groups in total. The molecular weight excluding hydrogens is 476 g/mol. The lowest BCUT2D eigenvalue weighted by molar-refractivity contribution is -0.0832. The van der Waals surface area contributed by atoms with Crippen molar-refractivity contribution in [3.63, 3.8) is 0 Å². The number of benzene rings is 2. The van der Waals surface area contributed by atoms with Crippen molar-refractivity contribution in [1.29, 1.82) is 0 Å². The summed E-state index contributed by atoms with van der Waals surface area (Å²) in [7, 11) is -4.15. The van der Waals surface area contributed by atoms with Crippen molar-refractivity contribution in [2.45, 2.75) is 23.8 Å². The highest BCUT2D eigenvalue weighted by molar-refractivity contribution is 7.86. The molecule has 1 unspecified atom stereocenters. The van der Waals surface area contributed by atoms with Gasteiger partial charge in [-0.15, -0.1) is 0 Å². The summed E-state index contributed by atoms with van der Waals surface area (Å²) in [5.74, 6) is -0.786. The number of aryl methyl sites for hydroxylation is 1. The van der Waals surface area contributed by atoms with Gasteiger partial charge in [-0.05, 0) is 30.5 Å². The molecule has 0 aliphatic carbocycles. The second kappa shape index (κ2) is 14.9. The first kappa shape index (κ1) is 27.3. The first-order valence-corrected chi connectivity index (χ1v) is 13.0. The molecule has 0 radical (unpaired) electrons. The fraction of sp³-hybridized carbons (Fsp3) is 0.480. The number of hydrogen-bond acceptors (Lipinski definition) is 9. The molecule has 0 bridgehead atoms. The van der Waals surface area contributed by atoms with Gasteiger partial charge in [0.15, 0.2) is 0 Å². The van der Waals surface area contributed by atoms with Gasteiger partial charge in [0.25, 0.3) is 10.1 Å². The average molecular weight is 509 g/mol. The SMILES string of the molecule is O=C(OCC1COCCOCCOCCO1)c1ccccc1S(=O)(=O)OCCCc1ccccc1. The summed E-state index contributed by atoms with van der Waals surface area (Å²) in [6.45, 7) is 2.51. The van der Waals surface area contributed by atoms with Crippen LogP contribution in [0.25, 0.3) is 0 Å². The summed E-state index contributed by atoms with van der Waals surface area (Å²) in [6, 6.07) is 15.5. The Morgan fingerprint density at radius 3 is 2.29 bits per heavy atom. The van der Waals surface area contributed by atoms with Gasteiger partial charge in [0.1, 0.15) is 17.6 Å². The van der Waals surface area contributed by atoms with Gasteiger partial charge in [-0.2, -0.15) is 8.42 Å². The van der Waals surface area contributed by atoms with Crippen LogP contribution in [-0.2, 0) is 44.4 Å². The van der Waals surface area contributed by atoms with E-state index in [-0.39, 0.29) is 30.3 Å². The number of carbonyl (C=O) groups excluding carboxylic acids is 1. The second-order valence-corrected chi connectivity index (χ2v) is 9.34. The van der Waals surface area contributed by atoms with E-state index in [0.717, 1.165) is 5.56 Å². The Morgan fingerprint density at radius 1 is 0.857 bits per heavy atom. The van der Waals surface area contributed by atoms with Crippen LogP contribution in [0.5, 0.6) is 0 Å². The number of esters is 1. The van der Waals surface area contributed by atoms with Gasteiger partial charge < -0.3 is 23.7 Å². The molecule has 3 rings (SSSR count). The van der Waals surface area contributed by atoms with Crippen LogP contribution >= 0.6 is 0 Å². The Kier molecular flexibility index (Phi) is 11.6. The maximum atomic E-state index is 12.8. The fourth-order valence-corrected chi connectivity index (χ4v) is 4.46. The third-order valence-corrected chi connectivity index (χ3v) is 6.47. The molecule has 2 aromatic rings. The molecule has 1 atom stereocenters. The lowest BCUT2D eigenvalue weighted by Crippen LogP contribution is -2.30. The van der Waals surface area contributed by atoms with E-state index in [1.54, 1.807) is 6.07 Å². The summed E-state index contributed by atoms with van der Waals surface area (Å²) in [5.41, 5.74) is 0.996. The Bertz CT molecular complexity index is 983. The highest BCUT2D eigenvalue weighted by Crippen LogP contribution is 2.20. The van der Waals surface area contributed by atoms with Crippen molar-refractivity contribution >= 4 is 16.1 Å². The molecule has 10 heteroatoms. The highest BCUT2D eigenvalue weighted by Gasteiger charge is 2.25. The van der Waals surface area contributed by atoms with E-state index in [4.69, 9.17) is 27.9 Å². The van der Waals surface area contributed by atoms with Crippen molar-refractivity contribution in [3.05, 3.63) is 65.7 Å². The van der Waals surface area contributed by atoms with E-state index >= 15 is 0 Å². The van der Waals surface area contributed by atoms with Crippen molar-refractivity contribution in [2.24, 2.45) is 0 Å². The Labute approximate surface area is 206 Å². The third-order valence-electron chi connectivity index (χ3n) is 5.10. The van der Waals surface area contributed by atoms with Gasteiger partial charge in [0.05, 0.1) is 58.4 Å². The molecule has 192 valence electrons. The Morgan fingerprint density at radius 2 is 1.51 bits per heavy atom. The summed E-state index contributed by atoms with van der Waals surface area (Å²) in [5, 5.41) is 0. The maximum absolute atomic E-state index is 12.8. The smallest absolute Gasteiger partial charge is 0.339 e. The maximum Gasteiger partial charge on any atom is 0.339 e. The first-order valence-electron chi connectivity index (χ1n) is 11.6. The number of rotatable bonds is 9. The largest absolute Gasteiger partial charge is 0.459 e. The van der Waals surface area contributed by atoms with E-state index < -0.39 is 22.2 Å². The van der Waals surface area contributed by atoms with Crippen LogP contribution in [0.3, 0.4) is 0 Å². The van der Waals surface area contributed by atoms with Gasteiger partial charge in [-0.25, -0.2) is 4.79 Å². The molecule has 1 heterocycles. The summed E-state index contributed by atoms with van der Waals surface area (Å²) >= 11 is 0. The molecular formula is C25H32O9S. The van der Waals surface area contributed by atoms with E-state index in [1.807, 2.05) is 30.3 Å². The summed E-state index contributed by atoms with van der Waals surface area (Å²) in [6.07, 6.45) is 0.671. The van der Waals surface area contributed by atoms with E-state index in [2.05, 4.69) is 0 Å². The highest BCUT2D eigenvalue weighted by atomic mass is 32.2. The van der Waals surface area contributed by atoms with Crippen LogP contribution in [0.15, 0.2) is 59.5 Å². The molecule has 2 aromatic carbocycles. The molecule has 1 aliphatic heterocycles. The number of hydrogen-bond donors (Lipinski definition) is 0. The molecule has 0 saturated carbocycles. The minimum atomic E-state index is -4.15. The normalized spacial score (nSPS) is 18.2. The van der Waals surface area contributed by atoms with E-state index in [1.165, 1.54) is 18.2 Å². The number of ether oxygens (including phenoxy) is 5. The van der Waals surface area contributed by atoms with Crippen LogP contribution in [0, 0.1) is 0 Å². The fourth-order valence-electron chi connectivity index (χ4n) is 3.33. The molecule has 1 fully saturated rings. The summed E-state index contributed by atoms with van der Waals surface area (Å²) in [4.78, 5) is 12.5. The lowest BCUT2D eigenvalue weighted by atomic mass is 10.1. The summed E-state index contributed by atoms with van der Waals surface area (Å²) < 4.78 is 58.1. The Balaban J connectivity index is 1.54. The molecule has 0 amide bonds. The topological polar surface area (TPSA) is 107 Å². The van der Waals surface area contributed by atoms with Crippen molar-refractivity contribution in [1.82, 2.24) is 0 Å². The average Bonchev–Trinajstić information content (AvgIpc) is 2.87. The standard InChI is InChI=1S/C25H32O9S/c26-25(33-20-22-19-31-16-15-29-13-14-30-17-18-32-22)23-10-4-5-11-24(23)35(27,28)34-12-6-9-21-7-2-1-3-8-21/h1-5,7-8,10-11,22H,6,9,12-20H2. The van der Waals surface area contributed by atoms with Crippen molar-refractivity contribution in [3.8, 4) is 0 Å². The van der Waals surface area contributed by atoms with E-state index in [9.17, 15) is 13.2 Å². The Hall–Kier alpha value is -2.34. The quantitative estimate of drug-likeness (QED) is 0.287. The van der Waals surface area contributed by atoms with Gasteiger partial charge in [-0.3, -0.25) is 4.18 Å². The van der Waals surface area contributed by atoms with Crippen molar-refractivity contribution < 1.29 is 41.1 Å². The van der Waals surface area contributed by atoms with Crippen LogP contribution in [0.4, 0.5) is 0 Å². The molecule has 0 spiro atoms. The van der Waals surface area contributed by atoms with Crippen molar-refractivity contribution in [2.75, 3.05) is 59.5 Å². The number of carbonyl (C=O) groups is 1. The van der Waals surface area contributed by atoms with Crippen LogP contribution in [0.1, 0.15) is 22.3 Å². The first-order chi connectivity index (χ1) is 17.1. The van der Waals surface area contributed by atoms with Crippen LogP contribution in [-0.4, -0.2) is 80.0 Å².